The Morgan fingerprint density at radius 1 is 1.38 bits per heavy atom. The number of benzene rings is 1. The smallest absolute Gasteiger partial charge is 0.256 e. The van der Waals surface area contributed by atoms with E-state index in [0.717, 1.165) is 18.7 Å². The summed E-state index contributed by atoms with van der Waals surface area (Å²) in [7, 11) is -2.22. The van der Waals surface area contributed by atoms with Crippen LogP contribution in [0.1, 0.15) is 12.8 Å². The number of nitrogens with one attached hydrogen (secondary N) is 1. The standard InChI is InChI=1S/C14H20N2O4S/c1-20-10-11-21(18,19)15-14(17)13-8-5-9-16(13)12-6-3-2-4-7-12/h2-4,6-7,13H,5,8-11H2,1H3,(H,15,17)/t13-/m0/s1. The number of rotatable bonds is 6. The van der Waals surface area contributed by atoms with Gasteiger partial charge in [0.1, 0.15) is 6.04 Å². The highest BCUT2D eigenvalue weighted by atomic mass is 32.2. The molecule has 0 radical (unpaired) electrons. The minimum absolute atomic E-state index is 0.0652. The number of methoxy groups -OCH3 is 1. The summed E-state index contributed by atoms with van der Waals surface area (Å²) < 4.78 is 30.4. The highest BCUT2D eigenvalue weighted by Gasteiger charge is 2.32. The molecule has 1 heterocycles. The Labute approximate surface area is 125 Å². The topological polar surface area (TPSA) is 75.7 Å². The molecule has 0 saturated carbocycles. The first-order valence-corrected chi connectivity index (χ1v) is 8.54. The van der Waals surface area contributed by atoms with Gasteiger partial charge in [-0.3, -0.25) is 9.52 Å². The van der Waals surface area contributed by atoms with Crippen molar-refractivity contribution in [1.82, 2.24) is 4.72 Å². The van der Waals surface area contributed by atoms with Crippen LogP contribution in [0.15, 0.2) is 30.3 Å². The summed E-state index contributed by atoms with van der Waals surface area (Å²) in [6.45, 7) is 0.815. The third-order valence-electron chi connectivity index (χ3n) is 3.46. The molecule has 0 unspecified atom stereocenters. The van der Waals surface area contributed by atoms with Crippen LogP contribution in [0.3, 0.4) is 0 Å². The third-order valence-corrected chi connectivity index (χ3v) is 4.67. The van der Waals surface area contributed by atoms with Gasteiger partial charge in [0.05, 0.1) is 12.4 Å². The van der Waals surface area contributed by atoms with E-state index in [2.05, 4.69) is 4.72 Å². The minimum Gasteiger partial charge on any atom is -0.384 e. The Balaban J connectivity index is 2.05. The molecule has 2 rings (SSSR count). The number of hydrogen-bond acceptors (Lipinski definition) is 5. The van der Waals surface area contributed by atoms with Gasteiger partial charge in [-0.1, -0.05) is 18.2 Å². The van der Waals surface area contributed by atoms with Crippen LogP contribution >= 0.6 is 0 Å². The maximum absolute atomic E-state index is 12.2. The van der Waals surface area contributed by atoms with Crippen molar-refractivity contribution in [2.45, 2.75) is 18.9 Å². The van der Waals surface area contributed by atoms with E-state index in [1.807, 2.05) is 35.2 Å². The number of para-hydroxylation sites is 1. The number of sulfonamides is 1. The maximum Gasteiger partial charge on any atom is 0.256 e. The summed E-state index contributed by atoms with van der Waals surface area (Å²) in [4.78, 5) is 14.2. The van der Waals surface area contributed by atoms with Crippen LogP contribution in [0.5, 0.6) is 0 Å². The number of carbonyl (C=O) groups excluding carboxylic acids is 1. The molecule has 0 aromatic heterocycles. The molecule has 0 aliphatic carbocycles. The summed E-state index contributed by atoms with van der Waals surface area (Å²) >= 11 is 0. The average molecular weight is 312 g/mol. The molecular formula is C14H20N2O4S. The van der Waals surface area contributed by atoms with E-state index in [1.165, 1.54) is 7.11 Å². The Morgan fingerprint density at radius 3 is 2.76 bits per heavy atom. The second-order valence-electron chi connectivity index (χ2n) is 4.96. The molecule has 116 valence electrons. The highest BCUT2D eigenvalue weighted by molar-refractivity contribution is 7.90. The quantitative estimate of drug-likeness (QED) is 0.839. The number of anilines is 1. The predicted octanol–water partition coefficient (Wildman–Crippen LogP) is 0.748. The number of ether oxygens (including phenoxy) is 1. The van der Waals surface area contributed by atoms with Gasteiger partial charge in [-0.2, -0.15) is 0 Å². The predicted molar refractivity (Wildman–Crippen MR) is 80.6 cm³/mol. The fraction of sp³-hybridized carbons (Fsp3) is 0.500. The molecule has 7 heteroatoms. The van der Waals surface area contributed by atoms with Crippen molar-refractivity contribution in [3.8, 4) is 0 Å². The second-order valence-corrected chi connectivity index (χ2v) is 6.81. The lowest BCUT2D eigenvalue weighted by Crippen LogP contribution is -2.46. The zero-order valence-electron chi connectivity index (χ0n) is 12.0. The van der Waals surface area contributed by atoms with E-state index in [-0.39, 0.29) is 12.4 Å². The van der Waals surface area contributed by atoms with Gasteiger partial charge in [0.25, 0.3) is 5.91 Å². The number of nitrogens with zero attached hydrogens (tertiary/aromatic N) is 1. The molecule has 1 N–H and O–H groups in total. The first-order valence-electron chi connectivity index (χ1n) is 6.88. The molecule has 21 heavy (non-hydrogen) atoms. The molecule has 1 aliphatic rings. The summed E-state index contributed by atoms with van der Waals surface area (Å²) in [5.41, 5.74) is 0.935. The largest absolute Gasteiger partial charge is 0.384 e. The van der Waals surface area contributed by atoms with Crippen molar-refractivity contribution in [2.75, 3.05) is 30.9 Å². The molecule has 1 saturated heterocycles. The summed E-state index contributed by atoms with van der Waals surface area (Å²) in [6.07, 6.45) is 1.52. The van der Waals surface area contributed by atoms with Crippen molar-refractivity contribution >= 4 is 21.6 Å². The van der Waals surface area contributed by atoms with E-state index in [4.69, 9.17) is 4.74 Å². The minimum atomic E-state index is -3.64. The average Bonchev–Trinajstić information content (AvgIpc) is 2.95. The van der Waals surface area contributed by atoms with Crippen LogP contribution in [-0.4, -0.2) is 46.4 Å². The fourth-order valence-electron chi connectivity index (χ4n) is 2.43. The van der Waals surface area contributed by atoms with Crippen molar-refractivity contribution in [2.24, 2.45) is 0 Å². The van der Waals surface area contributed by atoms with Crippen molar-refractivity contribution in [1.29, 1.82) is 0 Å². The molecule has 6 nitrogen and oxygen atoms in total. The van der Waals surface area contributed by atoms with E-state index in [1.54, 1.807) is 0 Å². The number of amides is 1. The van der Waals surface area contributed by atoms with Crippen molar-refractivity contribution < 1.29 is 17.9 Å². The molecular weight excluding hydrogens is 292 g/mol. The Morgan fingerprint density at radius 2 is 2.10 bits per heavy atom. The lowest BCUT2D eigenvalue weighted by molar-refractivity contribution is -0.120. The van der Waals surface area contributed by atoms with Gasteiger partial charge in [-0.25, -0.2) is 8.42 Å². The fourth-order valence-corrected chi connectivity index (χ4v) is 3.36. The Kier molecular flexibility index (Phi) is 5.19. The lowest BCUT2D eigenvalue weighted by Gasteiger charge is -2.25. The molecule has 1 amide bonds. The molecule has 1 fully saturated rings. The number of carbonyl (C=O) groups is 1. The normalized spacial score (nSPS) is 18.7. The van der Waals surface area contributed by atoms with Gasteiger partial charge >= 0.3 is 0 Å². The molecule has 0 spiro atoms. The Hall–Kier alpha value is -1.60. The molecule has 1 aromatic carbocycles. The van der Waals surface area contributed by atoms with Gasteiger partial charge < -0.3 is 9.64 Å². The molecule has 1 aromatic rings. The molecule has 1 atom stereocenters. The van der Waals surface area contributed by atoms with E-state index in [0.29, 0.717) is 6.42 Å². The third kappa shape index (κ3) is 4.18. The van der Waals surface area contributed by atoms with Crippen LogP contribution < -0.4 is 9.62 Å². The monoisotopic (exact) mass is 312 g/mol. The van der Waals surface area contributed by atoms with Gasteiger partial charge in [0, 0.05) is 19.3 Å². The van der Waals surface area contributed by atoms with E-state index < -0.39 is 22.0 Å². The van der Waals surface area contributed by atoms with Crippen molar-refractivity contribution in [3.05, 3.63) is 30.3 Å². The summed E-state index contributed by atoms with van der Waals surface area (Å²) in [5, 5.41) is 0. The van der Waals surface area contributed by atoms with Crippen molar-refractivity contribution in [3.63, 3.8) is 0 Å². The van der Waals surface area contributed by atoms with Crippen LogP contribution in [0.25, 0.3) is 0 Å². The second kappa shape index (κ2) is 6.91. The van der Waals surface area contributed by atoms with Crippen LogP contribution in [0.2, 0.25) is 0 Å². The SMILES string of the molecule is COCCS(=O)(=O)NC(=O)[C@@H]1CCCN1c1ccccc1. The van der Waals surface area contributed by atoms with Crippen LogP contribution in [-0.2, 0) is 19.6 Å². The summed E-state index contributed by atoms with van der Waals surface area (Å²) in [6, 6.07) is 9.11. The number of hydrogen-bond donors (Lipinski definition) is 1. The van der Waals surface area contributed by atoms with Crippen LogP contribution in [0, 0.1) is 0 Å². The summed E-state index contributed by atoms with van der Waals surface area (Å²) in [5.74, 6) is -0.680. The Bertz CT molecular complexity index is 574. The van der Waals surface area contributed by atoms with E-state index in [9.17, 15) is 13.2 Å². The zero-order chi connectivity index (χ0) is 15.3. The van der Waals surface area contributed by atoms with E-state index >= 15 is 0 Å². The first-order chi connectivity index (χ1) is 10.0. The van der Waals surface area contributed by atoms with Gasteiger partial charge in [-0.05, 0) is 25.0 Å². The molecule has 0 bridgehead atoms. The van der Waals surface area contributed by atoms with Gasteiger partial charge in [-0.15, -0.1) is 0 Å². The zero-order valence-corrected chi connectivity index (χ0v) is 12.8. The van der Waals surface area contributed by atoms with Crippen LogP contribution in [0.4, 0.5) is 5.69 Å². The highest BCUT2D eigenvalue weighted by Crippen LogP contribution is 2.25. The van der Waals surface area contributed by atoms with Gasteiger partial charge in [0.2, 0.25) is 10.0 Å². The first kappa shape index (κ1) is 15.8. The lowest BCUT2D eigenvalue weighted by atomic mass is 10.2. The molecule has 1 aliphatic heterocycles. The maximum atomic E-state index is 12.2. The van der Waals surface area contributed by atoms with Gasteiger partial charge in [0.15, 0.2) is 0 Å².